The Bertz CT molecular complexity index is 457. The molecule has 8 atom stereocenters. The van der Waals surface area contributed by atoms with Crippen LogP contribution < -0.4 is 0 Å². The molecule has 0 radical (unpaired) electrons. The molecular formula is C20H34O. The molecule has 4 unspecified atom stereocenters. The summed E-state index contributed by atoms with van der Waals surface area (Å²) in [6, 6.07) is 0. The monoisotopic (exact) mass is 290 g/mol. The van der Waals surface area contributed by atoms with Gasteiger partial charge in [0.05, 0.1) is 5.60 Å². The van der Waals surface area contributed by atoms with Gasteiger partial charge < -0.3 is 5.11 Å². The van der Waals surface area contributed by atoms with Gasteiger partial charge in [0.25, 0.3) is 0 Å². The lowest BCUT2D eigenvalue weighted by molar-refractivity contribution is -0.279. The lowest BCUT2D eigenvalue weighted by Crippen LogP contribution is -2.70. The number of aliphatic hydroxyl groups is 1. The van der Waals surface area contributed by atoms with Crippen molar-refractivity contribution in [2.45, 2.75) is 78.7 Å². The fourth-order valence-electron chi connectivity index (χ4n) is 8.12. The second-order valence-electron chi connectivity index (χ2n) is 9.95. The van der Waals surface area contributed by atoms with Crippen molar-refractivity contribution in [3.8, 4) is 0 Å². The lowest BCUT2D eigenvalue weighted by atomic mass is 9.35. The average molecular weight is 290 g/mol. The maximum Gasteiger partial charge on any atom is 0.0740 e. The molecule has 0 bridgehead atoms. The first-order valence-electron chi connectivity index (χ1n) is 9.48. The lowest BCUT2D eigenvalue weighted by Gasteiger charge is -2.71. The molecule has 4 fully saturated rings. The van der Waals surface area contributed by atoms with Gasteiger partial charge in [0.2, 0.25) is 0 Å². The summed E-state index contributed by atoms with van der Waals surface area (Å²) in [5.41, 5.74) is 0.267. The molecule has 0 spiro atoms. The van der Waals surface area contributed by atoms with Crippen LogP contribution in [0.3, 0.4) is 0 Å². The van der Waals surface area contributed by atoms with Crippen molar-refractivity contribution in [2.75, 3.05) is 0 Å². The Labute approximate surface area is 130 Å². The Morgan fingerprint density at radius 2 is 1.71 bits per heavy atom. The number of hydrogen-bond acceptors (Lipinski definition) is 1. The van der Waals surface area contributed by atoms with Crippen LogP contribution in [0, 0.1) is 46.3 Å². The summed E-state index contributed by atoms with van der Waals surface area (Å²) >= 11 is 0. The highest BCUT2D eigenvalue weighted by Gasteiger charge is 2.75. The zero-order chi connectivity index (χ0) is 15.2. The third-order valence-corrected chi connectivity index (χ3v) is 9.14. The number of hydrogen-bond donors (Lipinski definition) is 1. The predicted molar refractivity (Wildman–Crippen MR) is 86.8 cm³/mol. The van der Waals surface area contributed by atoms with E-state index in [4.69, 9.17) is 0 Å². The highest BCUT2D eigenvalue weighted by atomic mass is 16.3. The van der Waals surface area contributed by atoms with E-state index < -0.39 is 0 Å². The largest absolute Gasteiger partial charge is 0.389 e. The molecule has 0 aromatic heterocycles. The molecule has 0 heterocycles. The molecule has 1 nitrogen and oxygen atoms in total. The molecule has 0 amide bonds. The molecule has 1 heteroatoms. The van der Waals surface area contributed by atoms with Gasteiger partial charge in [-0.25, -0.2) is 0 Å². The molecule has 4 rings (SSSR count). The summed E-state index contributed by atoms with van der Waals surface area (Å²) in [5.74, 6) is 4.62. The first-order chi connectivity index (χ1) is 9.76. The van der Waals surface area contributed by atoms with Crippen molar-refractivity contribution < 1.29 is 5.11 Å². The fourth-order valence-corrected chi connectivity index (χ4v) is 8.12. The van der Waals surface area contributed by atoms with Crippen LogP contribution in [-0.4, -0.2) is 10.7 Å². The molecule has 4 saturated carbocycles. The maximum atomic E-state index is 11.9. The molecule has 0 aromatic rings. The van der Waals surface area contributed by atoms with Crippen LogP contribution in [0.15, 0.2) is 0 Å². The summed E-state index contributed by atoms with van der Waals surface area (Å²) in [6.45, 7) is 12.2. The molecule has 21 heavy (non-hydrogen) atoms. The van der Waals surface area contributed by atoms with Crippen LogP contribution in [0.2, 0.25) is 0 Å². The van der Waals surface area contributed by atoms with Crippen molar-refractivity contribution in [3.05, 3.63) is 0 Å². The number of fused-ring (bicyclic) bond motifs is 6. The molecule has 0 aliphatic heterocycles. The first kappa shape index (κ1) is 14.5. The third-order valence-electron chi connectivity index (χ3n) is 9.14. The zero-order valence-electron chi connectivity index (χ0n) is 14.7. The van der Waals surface area contributed by atoms with Gasteiger partial charge in [0.15, 0.2) is 0 Å². The van der Waals surface area contributed by atoms with Gasteiger partial charge in [0, 0.05) is 0 Å². The summed E-state index contributed by atoms with van der Waals surface area (Å²) in [6.07, 6.45) is 7.79. The molecule has 4 aliphatic carbocycles. The van der Waals surface area contributed by atoms with E-state index in [1.807, 2.05) is 0 Å². The quantitative estimate of drug-likeness (QED) is 0.729. The minimum absolute atomic E-state index is 0.179. The summed E-state index contributed by atoms with van der Waals surface area (Å²) in [4.78, 5) is 0. The van der Waals surface area contributed by atoms with E-state index in [1.54, 1.807) is 0 Å². The van der Waals surface area contributed by atoms with E-state index in [1.165, 1.54) is 32.1 Å². The first-order valence-corrected chi connectivity index (χ1v) is 9.48. The van der Waals surface area contributed by atoms with E-state index in [0.717, 1.165) is 30.1 Å². The normalized spacial score (nSPS) is 62.1. The van der Waals surface area contributed by atoms with E-state index >= 15 is 0 Å². The highest BCUT2D eigenvalue weighted by Crippen LogP contribution is 2.77. The van der Waals surface area contributed by atoms with Crippen LogP contribution in [0.25, 0.3) is 0 Å². The maximum absolute atomic E-state index is 11.9. The van der Waals surface area contributed by atoms with Gasteiger partial charge in [-0.1, -0.05) is 41.0 Å². The fraction of sp³-hybridized carbons (Fsp3) is 1.00. The Kier molecular flexibility index (Phi) is 2.82. The Hall–Kier alpha value is -0.0400. The summed E-state index contributed by atoms with van der Waals surface area (Å²) < 4.78 is 0. The molecule has 0 saturated heterocycles. The van der Waals surface area contributed by atoms with Crippen molar-refractivity contribution in [2.24, 2.45) is 46.3 Å². The second-order valence-corrected chi connectivity index (χ2v) is 9.95. The van der Waals surface area contributed by atoms with Gasteiger partial charge >= 0.3 is 0 Å². The van der Waals surface area contributed by atoms with Crippen LogP contribution in [0.1, 0.15) is 73.1 Å². The van der Waals surface area contributed by atoms with Crippen LogP contribution in [0.5, 0.6) is 0 Å². The van der Waals surface area contributed by atoms with Gasteiger partial charge in [-0.05, 0) is 78.4 Å². The van der Waals surface area contributed by atoms with Crippen molar-refractivity contribution in [3.63, 3.8) is 0 Å². The van der Waals surface area contributed by atoms with E-state index in [2.05, 4.69) is 34.6 Å². The predicted octanol–water partition coefficient (Wildman–Crippen LogP) is 4.88. The molecule has 4 aliphatic rings. The van der Waals surface area contributed by atoms with Gasteiger partial charge in [-0.3, -0.25) is 0 Å². The van der Waals surface area contributed by atoms with Crippen molar-refractivity contribution >= 4 is 0 Å². The molecule has 0 aromatic carbocycles. The SMILES string of the molecule is CC(C)C1CC[C@@]2(O)C3C4C(CC[C@@H]4C)[C@]3(C)CC[C@@]12C. The van der Waals surface area contributed by atoms with Crippen LogP contribution >= 0.6 is 0 Å². The van der Waals surface area contributed by atoms with Gasteiger partial charge in [-0.15, -0.1) is 0 Å². The minimum Gasteiger partial charge on any atom is -0.389 e. The smallest absolute Gasteiger partial charge is 0.0740 e. The van der Waals surface area contributed by atoms with E-state index in [9.17, 15) is 5.11 Å². The topological polar surface area (TPSA) is 20.2 Å². The summed E-state index contributed by atoms with van der Waals surface area (Å²) in [5, 5.41) is 11.9. The zero-order valence-corrected chi connectivity index (χ0v) is 14.7. The van der Waals surface area contributed by atoms with Gasteiger partial charge in [-0.2, -0.15) is 0 Å². The third kappa shape index (κ3) is 1.44. The standard InChI is InChI=1S/C20H34O/c1-12(2)14-8-9-20(21)17-16-13(3)6-7-15(16)18(17,4)10-11-19(14,20)5/h12-17,21H,6-11H2,1-5H3/t13-,14?,15?,16?,17?,18-,19-,20+/m0/s1. The Balaban J connectivity index is 1.75. The molecule has 120 valence electrons. The van der Waals surface area contributed by atoms with Gasteiger partial charge in [0.1, 0.15) is 0 Å². The second kappa shape index (κ2) is 4.08. The van der Waals surface area contributed by atoms with Crippen LogP contribution in [0.4, 0.5) is 0 Å². The molecule has 1 N–H and O–H groups in total. The van der Waals surface area contributed by atoms with E-state index in [0.29, 0.717) is 17.3 Å². The average Bonchev–Trinajstić information content (AvgIpc) is 2.85. The van der Waals surface area contributed by atoms with Crippen molar-refractivity contribution in [1.29, 1.82) is 0 Å². The summed E-state index contributed by atoms with van der Waals surface area (Å²) in [7, 11) is 0. The van der Waals surface area contributed by atoms with E-state index in [-0.39, 0.29) is 11.0 Å². The highest BCUT2D eigenvalue weighted by molar-refractivity contribution is 5.24. The van der Waals surface area contributed by atoms with Crippen LogP contribution in [-0.2, 0) is 0 Å². The Morgan fingerprint density at radius 3 is 2.38 bits per heavy atom. The molecular weight excluding hydrogens is 256 g/mol. The minimum atomic E-state index is -0.366. The Morgan fingerprint density at radius 1 is 1.00 bits per heavy atom. The van der Waals surface area contributed by atoms with Crippen molar-refractivity contribution in [1.82, 2.24) is 0 Å². The number of rotatable bonds is 1.